The predicted molar refractivity (Wildman–Crippen MR) is 120 cm³/mol. The van der Waals surface area contributed by atoms with E-state index in [1.807, 2.05) is 34.7 Å². The number of aryl methyl sites for hydroxylation is 3. The summed E-state index contributed by atoms with van der Waals surface area (Å²) in [7, 11) is 0. The first kappa shape index (κ1) is 20.7. The van der Waals surface area contributed by atoms with Crippen LogP contribution < -0.4 is 5.56 Å². The first-order valence-electron chi connectivity index (χ1n) is 10.1. The summed E-state index contributed by atoms with van der Waals surface area (Å²) in [6.45, 7) is 17.5. The van der Waals surface area contributed by atoms with E-state index < -0.39 is 0 Å². The van der Waals surface area contributed by atoms with Gasteiger partial charge in [-0.2, -0.15) is 0 Å². The number of aromatic nitrogens is 3. The quantitative estimate of drug-likeness (QED) is 0.516. The van der Waals surface area contributed by atoms with E-state index in [4.69, 9.17) is 5.10 Å². The van der Waals surface area contributed by atoms with Crippen LogP contribution in [0.4, 0.5) is 0 Å². The van der Waals surface area contributed by atoms with Gasteiger partial charge in [0.25, 0.3) is 5.56 Å². The summed E-state index contributed by atoms with van der Waals surface area (Å²) < 4.78 is 3.66. The fraction of sp³-hybridized carbons (Fsp3) is 0.478. The minimum atomic E-state index is 0.0435. The van der Waals surface area contributed by atoms with Crippen molar-refractivity contribution < 1.29 is 0 Å². The molecule has 0 saturated carbocycles. The molecular formula is C23H31N3OS. The van der Waals surface area contributed by atoms with Crippen molar-refractivity contribution in [1.82, 2.24) is 14.2 Å². The summed E-state index contributed by atoms with van der Waals surface area (Å²) in [6.07, 6.45) is 0. The molecule has 3 rings (SSSR count). The summed E-state index contributed by atoms with van der Waals surface area (Å²) >= 11 is 1.87. The van der Waals surface area contributed by atoms with E-state index in [1.54, 1.807) is 0 Å². The van der Waals surface area contributed by atoms with Crippen molar-refractivity contribution in [2.75, 3.05) is 0 Å². The Balaban J connectivity index is 2.31. The summed E-state index contributed by atoms with van der Waals surface area (Å²) in [4.78, 5) is 14.7. The lowest BCUT2D eigenvalue weighted by Gasteiger charge is -2.17. The van der Waals surface area contributed by atoms with Gasteiger partial charge in [0, 0.05) is 27.9 Å². The molecule has 0 radical (unpaired) electrons. The lowest BCUT2D eigenvalue weighted by molar-refractivity contribution is 0.686. The van der Waals surface area contributed by atoms with E-state index in [2.05, 4.69) is 59.7 Å². The van der Waals surface area contributed by atoms with Crippen molar-refractivity contribution in [3.05, 3.63) is 50.9 Å². The molecule has 150 valence electrons. The van der Waals surface area contributed by atoms with Gasteiger partial charge in [-0.15, -0.1) is 16.9 Å². The minimum Gasteiger partial charge on any atom is -0.290 e. The normalized spacial score (nSPS) is 11.9. The molecule has 0 unspecified atom stereocenters. The van der Waals surface area contributed by atoms with Gasteiger partial charge in [-0.1, -0.05) is 27.7 Å². The molecule has 0 aliphatic heterocycles. The largest absolute Gasteiger partial charge is 0.290 e. The van der Waals surface area contributed by atoms with Gasteiger partial charge in [0.15, 0.2) is 5.82 Å². The molecule has 0 aliphatic rings. The van der Waals surface area contributed by atoms with E-state index in [0.29, 0.717) is 17.3 Å². The second-order valence-electron chi connectivity index (χ2n) is 8.13. The van der Waals surface area contributed by atoms with Crippen LogP contribution in [0.25, 0.3) is 16.9 Å². The topological polar surface area (TPSA) is 39.3 Å². The number of benzene rings is 1. The third-order valence-electron chi connectivity index (χ3n) is 5.15. The Labute approximate surface area is 172 Å². The van der Waals surface area contributed by atoms with Crippen LogP contribution in [0.5, 0.6) is 0 Å². The summed E-state index contributed by atoms with van der Waals surface area (Å²) in [6, 6.07) is 6.51. The maximum atomic E-state index is 13.4. The lowest BCUT2D eigenvalue weighted by atomic mass is 10.0. The SMILES string of the molecule is CCn1c(-c2cc(C)c(SC(C)C)cc2C)nn2c(C)cc(C(C)C)c2c1=O. The molecule has 0 N–H and O–H groups in total. The number of nitrogens with zero attached hydrogens (tertiary/aromatic N) is 3. The molecule has 4 nitrogen and oxygen atoms in total. The third kappa shape index (κ3) is 3.52. The zero-order valence-corrected chi connectivity index (χ0v) is 19.1. The van der Waals surface area contributed by atoms with Gasteiger partial charge in [-0.25, -0.2) is 4.52 Å². The standard InChI is InChI=1S/C23H31N3OS/c1-9-25-22(19-10-16(7)20(11-15(19)6)28-14(4)5)24-26-17(8)12-18(13(2)3)21(26)23(25)27/h10-14H,9H2,1-8H3. The first-order chi connectivity index (χ1) is 13.1. The van der Waals surface area contributed by atoms with Gasteiger partial charge in [-0.3, -0.25) is 9.36 Å². The molecule has 0 aliphatic carbocycles. The maximum Gasteiger partial charge on any atom is 0.278 e. The lowest BCUT2D eigenvalue weighted by Crippen LogP contribution is -2.26. The van der Waals surface area contributed by atoms with E-state index in [9.17, 15) is 4.79 Å². The van der Waals surface area contributed by atoms with Gasteiger partial charge in [0.05, 0.1) is 0 Å². The van der Waals surface area contributed by atoms with Crippen molar-refractivity contribution in [1.29, 1.82) is 0 Å². The number of thioether (sulfide) groups is 1. The summed E-state index contributed by atoms with van der Waals surface area (Å²) in [5.74, 6) is 1.03. The second kappa shape index (κ2) is 7.78. The van der Waals surface area contributed by atoms with Crippen molar-refractivity contribution in [3.8, 4) is 11.4 Å². The van der Waals surface area contributed by atoms with Crippen molar-refractivity contribution in [2.45, 2.75) is 78.0 Å². The van der Waals surface area contributed by atoms with Crippen molar-refractivity contribution >= 4 is 17.3 Å². The Morgan fingerprint density at radius 2 is 1.71 bits per heavy atom. The Hall–Kier alpha value is -2.01. The van der Waals surface area contributed by atoms with E-state index in [1.165, 1.54) is 10.5 Å². The van der Waals surface area contributed by atoms with Gasteiger partial charge < -0.3 is 0 Å². The fourth-order valence-electron chi connectivity index (χ4n) is 3.71. The van der Waals surface area contributed by atoms with E-state index >= 15 is 0 Å². The molecule has 0 atom stereocenters. The first-order valence-corrected chi connectivity index (χ1v) is 10.9. The highest BCUT2D eigenvalue weighted by atomic mass is 32.2. The zero-order chi connectivity index (χ0) is 20.7. The molecule has 28 heavy (non-hydrogen) atoms. The van der Waals surface area contributed by atoms with Crippen molar-refractivity contribution in [2.24, 2.45) is 0 Å². The van der Waals surface area contributed by atoms with Crippen LogP contribution in [0.2, 0.25) is 0 Å². The van der Waals surface area contributed by atoms with Gasteiger partial charge in [-0.05, 0) is 68.5 Å². The smallest absolute Gasteiger partial charge is 0.278 e. The monoisotopic (exact) mass is 397 g/mol. The molecule has 1 aromatic carbocycles. The van der Waals surface area contributed by atoms with Gasteiger partial charge in [0.2, 0.25) is 0 Å². The van der Waals surface area contributed by atoms with Crippen molar-refractivity contribution in [3.63, 3.8) is 0 Å². The van der Waals surface area contributed by atoms with Crippen LogP contribution in [-0.2, 0) is 6.54 Å². The van der Waals surface area contributed by atoms with Crippen LogP contribution >= 0.6 is 11.8 Å². The van der Waals surface area contributed by atoms with Crippen LogP contribution in [0.3, 0.4) is 0 Å². The maximum absolute atomic E-state index is 13.4. The highest BCUT2D eigenvalue weighted by Crippen LogP contribution is 2.32. The molecule has 0 spiro atoms. The average Bonchev–Trinajstić information content (AvgIpc) is 2.95. The number of rotatable bonds is 5. The minimum absolute atomic E-state index is 0.0435. The average molecular weight is 398 g/mol. The van der Waals surface area contributed by atoms with Crippen LogP contribution in [0.1, 0.15) is 62.9 Å². The molecule has 0 saturated heterocycles. The molecular weight excluding hydrogens is 366 g/mol. The Morgan fingerprint density at radius 3 is 2.29 bits per heavy atom. The highest BCUT2D eigenvalue weighted by Gasteiger charge is 2.20. The Morgan fingerprint density at radius 1 is 1.04 bits per heavy atom. The summed E-state index contributed by atoms with van der Waals surface area (Å²) in [5.41, 5.74) is 6.23. The Bertz CT molecular complexity index is 1090. The third-order valence-corrected chi connectivity index (χ3v) is 6.31. The molecule has 2 aromatic heterocycles. The second-order valence-corrected chi connectivity index (χ2v) is 9.75. The fourth-order valence-corrected chi connectivity index (χ4v) is 4.71. The highest BCUT2D eigenvalue weighted by molar-refractivity contribution is 8.00. The van der Waals surface area contributed by atoms with Crippen LogP contribution in [-0.4, -0.2) is 19.4 Å². The number of fused-ring (bicyclic) bond motifs is 1. The number of hydrogen-bond acceptors (Lipinski definition) is 3. The molecule has 0 fully saturated rings. The Kier molecular flexibility index (Phi) is 5.76. The van der Waals surface area contributed by atoms with E-state index in [-0.39, 0.29) is 11.5 Å². The van der Waals surface area contributed by atoms with Crippen LogP contribution in [0, 0.1) is 20.8 Å². The van der Waals surface area contributed by atoms with Gasteiger partial charge in [0.1, 0.15) is 5.52 Å². The zero-order valence-electron chi connectivity index (χ0n) is 18.3. The van der Waals surface area contributed by atoms with Gasteiger partial charge >= 0.3 is 0 Å². The molecule has 5 heteroatoms. The molecule has 0 bridgehead atoms. The predicted octanol–water partition coefficient (Wildman–Crippen LogP) is 5.73. The number of hydrogen-bond donors (Lipinski definition) is 0. The molecule has 2 heterocycles. The van der Waals surface area contributed by atoms with E-state index in [0.717, 1.165) is 28.2 Å². The van der Waals surface area contributed by atoms with Crippen LogP contribution in [0.15, 0.2) is 27.9 Å². The molecule has 3 aromatic rings. The summed E-state index contributed by atoms with van der Waals surface area (Å²) in [5, 5.41) is 5.48. The molecule has 0 amide bonds.